The fourth-order valence-electron chi connectivity index (χ4n) is 3.82. The Bertz CT molecular complexity index is 1430. The summed E-state index contributed by atoms with van der Waals surface area (Å²) in [4.78, 5) is 30.3. The molecule has 8 nitrogen and oxygen atoms in total. The number of methoxy groups -OCH3 is 1. The fraction of sp³-hybridized carbons (Fsp3) is 0.167. The van der Waals surface area contributed by atoms with Crippen LogP contribution in [0.4, 0.5) is 0 Å². The Morgan fingerprint density at radius 3 is 2.50 bits per heavy atom. The summed E-state index contributed by atoms with van der Waals surface area (Å²) in [5.74, 6) is -2.20. The van der Waals surface area contributed by atoms with Crippen molar-refractivity contribution in [3.8, 4) is 28.2 Å². The second-order valence-corrected chi connectivity index (χ2v) is 8.85. The molecule has 2 atom stereocenters. The van der Waals surface area contributed by atoms with Crippen molar-refractivity contribution in [2.45, 2.75) is 12.8 Å². The number of carbonyl (C=O) groups excluding carboxylic acids is 1. The first-order valence-electron chi connectivity index (χ1n) is 10.2. The number of nitrogens with one attached hydrogen (secondary N) is 1. The molecule has 10 heteroatoms. The fourth-order valence-corrected chi connectivity index (χ4v) is 4.74. The second-order valence-electron chi connectivity index (χ2n) is 7.57. The van der Waals surface area contributed by atoms with Crippen LogP contribution in [0.2, 0.25) is 5.02 Å². The zero-order valence-electron chi connectivity index (χ0n) is 18.3. The van der Waals surface area contributed by atoms with Gasteiger partial charge in [0.1, 0.15) is 11.7 Å². The molecule has 0 radical (unpaired) electrons. The molecule has 0 spiro atoms. The average molecular weight is 494 g/mol. The lowest BCUT2D eigenvalue weighted by molar-refractivity contribution is -0.120. The van der Waals surface area contributed by atoms with E-state index in [2.05, 4.69) is 10.1 Å². The smallest absolute Gasteiger partial charge is 0.277 e. The maximum Gasteiger partial charge on any atom is 0.277 e. The highest BCUT2D eigenvalue weighted by Crippen LogP contribution is 2.33. The molecule has 2 heterocycles. The highest BCUT2D eigenvalue weighted by Gasteiger charge is 2.34. The Morgan fingerprint density at radius 2 is 1.91 bits per heavy atom. The van der Waals surface area contributed by atoms with E-state index in [-0.39, 0.29) is 5.56 Å². The monoisotopic (exact) mass is 493 g/mol. The predicted octanol–water partition coefficient (Wildman–Crippen LogP) is 4.02. The number of hydrogen-bond acceptors (Lipinski definition) is 6. The van der Waals surface area contributed by atoms with Gasteiger partial charge < -0.3 is 10.5 Å². The van der Waals surface area contributed by atoms with Gasteiger partial charge in [-0.05, 0) is 48.9 Å². The van der Waals surface area contributed by atoms with Crippen molar-refractivity contribution >= 4 is 28.8 Å². The molecule has 0 aliphatic rings. The number of aromatic nitrogens is 3. The van der Waals surface area contributed by atoms with Crippen molar-refractivity contribution < 1.29 is 9.53 Å². The van der Waals surface area contributed by atoms with Crippen LogP contribution in [0.1, 0.15) is 22.7 Å². The molecule has 0 bridgehead atoms. The zero-order valence-corrected chi connectivity index (χ0v) is 19.9. The summed E-state index contributed by atoms with van der Waals surface area (Å²) in [7, 11) is 1.60. The summed E-state index contributed by atoms with van der Waals surface area (Å²) in [5, 5.41) is 15.5. The number of benzene rings is 2. The van der Waals surface area contributed by atoms with Gasteiger partial charge in [-0.25, -0.2) is 4.98 Å². The number of H-pyrrole nitrogens is 1. The number of amides is 1. The number of nitrogens with two attached hydrogens (primary N) is 1. The first-order chi connectivity index (χ1) is 16.3. The van der Waals surface area contributed by atoms with Crippen LogP contribution in [0.5, 0.6) is 5.75 Å². The topological polar surface area (TPSA) is 127 Å². The summed E-state index contributed by atoms with van der Waals surface area (Å²) >= 11 is 7.30. The van der Waals surface area contributed by atoms with E-state index in [1.165, 1.54) is 16.0 Å². The number of nitriles is 1. The number of halogens is 1. The van der Waals surface area contributed by atoms with Gasteiger partial charge in [0.05, 0.1) is 18.9 Å². The molecule has 0 fully saturated rings. The van der Waals surface area contributed by atoms with E-state index in [0.29, 0.717) is 27.1 Å². The van der Waals surface area contributed by atoms with Crippen LogP contribution in [0.15, 0.2) is 58.7 Å². The Labute approximate surface area is 204 Å². The molecule has 34 heavy (non-hydrogen) atoms. The first-order valence-corrected chi connectivity index (χ1v) is 11.5. The quantitative estimate of drug-likeness (QED) is 0.402. The number of primary amides is 1. The summed E-state index contributed by atoms with van der Waals surface area (Å²) < 4.78 is 6.51. The number of carbonyl (C=O) groups is 1. The standard InChI is InChI=1S/C24H20ClN5O3S/c1-13-20(21(18(11-26)22(27)31)15-3-7-16(25)8-4-15)23(32)30(29-13)24-28-19(12-34-24)14-5-9-17(33-2)10-6-14/h3-10,12,18,21,29H,1-2H3,(H2,27,31). The number of aryl methyl sites for hydroxylation is 1. The molecule has 1 amide bonds. The van der Waals surface area contributed by atoms with Gasteiger partial charge in [-0.3, -0.25) is 14.7 Å². The highest BCUT2D eigenvalue weighted by atomic mass is 35.5. The average Bonchev–Trinajstić information content (AvgIpc) is 3.43. The number of ether oxygens (including phenoxy) is 1. The van der Waals surface area contributed by atoms with Gasteiger partial charge in [-0.2, -0.15) is 9.94 Å². The maximum absolute atomic E-state index is 13.5. The number of nitrogens with zero attached hydrogens (tertiary/aromatic N) is 3. The normalized spacial score (nSPS) is 12.6. The summed E-state index contributed by atoms with van der Waals surface area (Å²) in [5.41, 5.74) is 8.06. The molecule has 0 saturated carbocycles. The van der Waals surface area contributed by atoms with E-state index in [9.17, 15) is 14.9 Å². The molecule has 2 aromatic heterocycles. The largest absolute Gasteiger partial charge is 0.497 e. The van der Waals surface area contributed by atoms with Crippen molar-refractivity contribution in [3.63, 3.8) is 0 Å². The van der Waals surface area contributed by atoms with Gasteiger partial charge in [0.15, 0.2) is 0 Å². The predicted molar refractivity (Wildman–Crippen MR) is 130 cm³/mol. The SMILES string of the molecule is COc1ccc(-c2csc(-n3[nH]c(C)c(C(c4ccc(Cl)cc4)C(C#N)C(N)=O)c3=O)n2)cc1. The van der Waals surface area contributed by atoms with Gasteiger partial charge in [-0.1, -0.05) is 23.7 Å². The van der Waals surface area contributed by atoms with Gasteiger partial charge in [-0.15, -0.1) is 11.3 Å². The molecule has 4 aromatic rings. The number of hydrogen-bond donors (Lipinski definition) is 2. The molecule has 0 saturated heterocycles. The van der Waals surface area contributed by atoms with E-state index < -0.39 is 23.3 Å². The van der Waals surface area contributed by atoms with Crippen molar-refractivity contribution in [1.82, 2.24) is 14.8 Å². The lowest BCUT2D eigenvalue weighted by atomic mass is 9.81. The summed E-state index contributed by atoms with van der Waals surface area (Å²) in [6.07, 6.45) is 0. The first kappa shape index (κ1) is 23.3. The van der Waals surface area contributed by atoms with Gasteiger partial charge in [0.2, 0.25) is 11.0 Å². The summed E-state index contributed by atoms with van der Waals surface area (Å²) in [6, 6.07) is 16.0. The molecule has 2 unspecified atom stereocenters. The molecule has 172 valence electrons. The molecule has 0 aliphatic heterocycles. The van der Waals surface area contributed by atoms with Crippen LogP contribution < -0.4 is 16.0 Å². The van der Waals surface area contributed by atoms with Crippen LogP contribution in [-0.4, -0.2) is 27.8 Å². The van der Waals surface area contributed by atoms with Crippen LogP contribution in [0.25, 0.3) is 16.4 Å². The third-order valence-electron chi connectivity index (χ3n) is 5.51. The summed E-state index contributed by atoms with van der Waals surface area (Å²) in [6.45, 7) is 1.71. The van der Waals surface area contributed by atoms with Crippen LogP contribution in [0, 0.1) is 24.2 Å². The van der Waals surface area contributed by atoms with Crippen molar-refractivity contribution in [2.24, 2.45) is 11.7 Å². The van der Waals surface area contributed by atoms with E-state index in [4.69, 9.17) is 22.1 Å². The molecule has 0 aliphatic carbocycles. The zero-order chi connectivity index (χ0) is 24.4. The second kappa shape index (κ2) is 9.55. The molecule has 4 rings (SSSR count). The van der Waals surface area contributed by atoms with Crippen molar-refractivity contribution in [2.75, 3.05) is 7.11 Å². The lowest BCUT2D eigenvalue weighted by Gasteiger charge is -2.19. The van der Waals surface area contributed by atoms with E-state index in [1.54, 1.807) is 38.3 Å². The van der Waals surface area contributed by atoms with E-state index >= 15 is 0 Å². The number of aromatic amines is 1. The van der Waals surface area contributed by atoms with E-state index in [0.717, 1.165) is 11.3 Å². The van der Waals surface area contributed by atoms with Gasteiger partial charge in [0, 0.05) is 33.1 Å². The Hall–Kier alpha value is -3.87. The molecular formula is C24H20ClN5O3S. The number of thiazole rings is 1. The van der Waals surface area contributed by atoms with Crippen molar-refractivity contribution in [1.29, 1.82) is 5.26 Å². The minimum absolute atomic E-state index is 0.272. The van der Waals surface area contributed by atoms with Gasteiger partial charge >= 0.3 is 0 Å². The van der Waals surface area contributed by atoms with Crippen LogP contribution >= 0.6 is 22.9 Å². The highest BCUT2D eigenvalue weighted by molar-refractivity contribution is 7.12. The molecule has 2 aromatic carbocycles. The third-order valence-corrected chi connectivity index (χ3v) is 6.58. The van der Waals surface area contributed by atoms with Crippen LogP contribution in [-0.2, 0) is 4.79 Å². The Kier molecular flexibility index (Phi) is 6.54. The van der Waals surface area contributed by atoms with Crippen molar-refractivity contribution in [3.05, 3.63) is 86.1 Å². The Morgan fingerprint density at radius 1 is 1.24 bits per heavy atom. The maximum atomic E-state index is 13.5. The number of rotatable bonds is 7. The van der Waals surface area contributed by atoms with E-state index in [1.807, 2.05) is 35.7 Å². The Balaban J connectivity index is 1.80. The molecule has 3 N–H and O–H groups in total. The minimum atomic E-state index is -1.25. The van der Waals surface area contributed by atoms with Gasteiger partial charge in [0.25, 0.3) is 5.56 Å². The minimum Gasteiger partial charge on any atom is -0.497 e. The molecular weight excluding hydrogens is 474 g/mol. The third kappa shape index (κ3) is 4.33. The van der Waals surface area contributed by atoms with Crippen LogP contribution in [0.3, 0.4) is 0 Å². The lowest BCUT2D eigenvalue weighted by Crippen LogP contribution is -2.31.